The van der Waals surface area contributed by atoms with Gasteiger partial charge in [-0.3, -0.25) is 0 Å². The Morgan fingerprint density at radius 3 is 3.14 bits per heavy atom. The van der Waals surface area contributed by atoms with Crippen LogP contribution in [0.15, 0.2) is 30.3 Å². The maximum Gasteiger partial charge on any atom is 0.0978 e. The third-order valence-corrected chi connectivity index (χ3v) is 2.69. The number of aromatic nitrogens is 1. The number of allylic oxidation sites excluding steroid dienone is 1. The van der Waals surface area contributed by atoms with Crippen molar-refractivity contribution in [1.29, 1.82) is 0 Å². The Balaban J connectivity index is 2.41. The molecule has 1 aromatic heterocycles. The van der Waals surface area contributed by atoms with Gasteiger partial charge < -0.3 is 0 Å². The zero-order chi connectivity index (χ0) is 9.38. The van der Waals surface area contributed by atoms with E-state index in [9.17, 15) is 0 Å². The van der Waals surface area contributed by atoms with E-state index in [4.69, 9.17) is 0 Å². The second kappa shape index (κ2) is 2.95. The Bertz CT molecular complexity index is 512. The molecule has 1 heterocycles. The lowest BCUT2D eigenvalue weighted by Crippen LogP contribution is -1.98. The van der Waals surface area contributed by atoms with E-state index in [0.717, 1.165) is 23.9 Å². The van der Waals surface area contributed by atoms with Crippen LogP contribution in [0.25, 0.3) is 16.8 Å². The fourth-order valence-corrected chi connectivity index (χ4v) is 1.99. The third kappa shape index (κ3) is 1.06. The SMILES string of the molecule is [c]1nc2c(c3ccccc13)CCC=C2. The summed E-state index contributed by atoms with van der Waals surface area (Å²) in [7, 11) is 0. The molecule has 0 spiro atoms. The molecule has 0 saturated carbocycles. The van der Waals surface area contributed by atoms with E-state index in [-0.39, 0.29) is 0 Å². The van der Waals surface area contributed by atoms with Crippen molar-refractivity contribution < 1.29 is 0 Å². The minimum atomic E-state index is 1.09. The maximum absolute atomic E-state index is 4.34. The molecule has 1 aromatic carbocycles. The van der Waals surface area contributed by atoms with Crippen LogP contribution in [0.3, 0.4) is 0 Å². The van der Waals surface area contributed by atoms with Gasteiger partial charge in [-0.05, 0) is 29.9 Å². The van der Waals surface area contributed by atoms with Crippen molar-refractivity contribution in [2.45, 2.75) is 12.8 Å². The summed E-state index contributed by atoms with van der Waals surface area (Å²) < 4.78 is 0. The number of hydrogen-bond acceptors (Lipinski definition) is 1. The zero-order valence-electron chi connectivity index (χ0n) is 7.83. The van der Waals surface area contributed by atoms with Crippen molar-refractivity contribution in [1.82, 2.24) is 4.98 Å². The summed E-state index contributed by atoms with van der Waals surface area (Å²) in [6, 6.07) is 8.34. The molecule has 1 radical (unpaired) electrons. The van der Waals surface area contributed by atoms with Crippen molar-refractivity contribution in [3.8, 4) is 0 Å². The first-order valence-electron chi connectivity index (χ1n) is 4.91. The molecule has 0 amide bonds. The van der Waals surface area contributed by atoms with Gasteiger partial charge in [0.25, 0.3) is 0 Å². The van der Waals surface area contributed by atoms with Crippen LogP contribution in [0.1, 0.15) is 17.7 Å². The average Bonchev–Trinajstić information content (AvgIpc) is 2.29. The molecule has 1 aliphatic rings. The highest BCUT2D eigenvalue weighted by Gasteiger charge is 2.09. The van der Waals surface area contributed by atoms with Crippen LogP contribution in [0, 0.1) is 6.20 Å². The fourth-order valence-electron chi connectivity index (χ4n) is 1.99. The quantitative estimate of drug-likeness (QED) is 0.607. The van der Waals surface area contributed by atoms with Crippen LogP contribution in [0.5, 0.6) is 0 Å². The smallest absolute Gasteiger partial charge is 0.0978 e. The van der Waals surface area contributed by atoms with Crippen LogP contribution in [-0.4, -0.2) is 4.98 Å². The van der Waals surface area contributed by atoms with Crippen LogP contribution in [0.2, 0.25) is 0 Å². The fraction of sp³-hybridized carbons (Fsp3) is 0.154. The molecule has 1 heteroatoms. The lowest BCUT2D eigenvalue weighted by Gasteiger charge is -2.11. The van der Waals surface area contributed by atoms with Gasteiger partial charge in [0.1, 0.15) is 0 Å². The number of rotatable bonds is 0. The molecule has 0 atom stereocenters. The van der Waals surface area contributed by atoms with E-state index in [2.05, 4.69) is 41.5 Å². The van der Waals surface area contributed by atoms with Crippen molar-refractivity contribution >= 4 is 16.8 Å². The molecule has 0 saturated heterocycles. The average molecular weight is 180 g/mol. The molecule has 0 aliphatic heterocycles. The number of benzene rings is 1. The second-order valence-electron chi connectivity index (χ2n) is 3.57. The molecule has 0 bridgehead atoms. The summed E-state index contributed by atoms with van der Waals surface area (Å²) in [5.41, 5.74) is 2.47. The van der Waals surface area contributed by atoms with E-state index in [0.29, 0.717) is 0 Å². The topological polar surface area (TPSA) is 12.9 Å². The highest BCUT2D eigenvalue weighted by Crippen LogP contribution is 2.25. The van der Waals surface area contributed by atoms with Gasteiger partial charge in [0.15, 0.2) is 0 Å². The lowest BCUT2D eigenvalue weighted by atomic mass is 9.96. The molecule has 0 unspecified atom stereocenters. The van der Waals surface area contributed by atoms with E-state index in [1.165, 1.54) is 10.9 Å². The van der Waals surface area contributed by atoms with E-state index in [1.807, 2.05) is 6.07 Å². The molecule has 3 rings (SSSR count). The predicted octanol–water partition coefficient (Wildman–Crippen LogP) is 2.99. The van der Waals surface area contributed by atoms with Gasteiger partial charge in [-0.2, -0.15) is 0 Å². The summed E-state index contributed by atoms with van der Waals surface area (Å²) in [4.78, 5) is 4.34. The number of pyridine rings is 1. The first-order valence-corrected chi connectivity index (χ1v) is 4.91. The van der Waals surface area contributed by atoms with Gasteiger partial charge in [0.2, 0.25) is 0 Å². The minimum Gasteiger partial charge on any atom is -0.246 e. The van der Waals surface area contributed by atoms with Gasteiger partial charge in [-0.25, -0.2) is 4.98 Å². The molecule has 2 aromatic rings. The van der Waals surface area contributed by atoms with Gasteiger partial charge >= 0.3 is 0 Å². The van der Waals surface area contributed by atoms with Gasteiger partial charge in [0.05, 0.1) is 11.9 Å². The van der Waals surface area contributed by atoms with Crippen molar-refractivity contribution in [3.05, 3.63) is 47.8 Å². The van der Waals surface area contributed by atoms with Crippen molar-refractivity contribution in [2.75, 3.05) is 0 Å². The molecular formula is C13H10N. The standard InChI is InChI=1S/C13H10N/c1-2-6-11-10(5-1)9-14-13-8-4-3-7-12(11)13/h1-2,4-6,8H,3,7H2. The number of aryl methyl sites for hydroxylation is 1. The first-order chi connectivity index (χ1) is 6.95. The van der Waals surface area contributed by atoms with Crippen molar-refractivity contribution in [2.24, 2.45) is 0 Å². The van der Waals surface area contributed by atoms with Crippen molar-refractivity contribution in [3.63, 3.8) is 0 Å². The maximum atomic E-state index is 4.34. The van der Waals surface area contributed by atoms with Crippen LogP contribution >= 0.6 is 0 Å². The Labute approximate surface area is 83.1 Å². The monoisotopic (exact) mass is 180 g/mol. The Morgan fingerprint density at radius 1 is 1.21 bits per heavy atom. The van der Waals surface area contributed by atoms with Gasteiger partial charge in [-0.1, -0.05) is 30.3 Å². The largest absolute Gasteiger partial charge is 0.246 e. The molecular weight excluding hydrogens is 170 g/mol. The zero-order valence-corrected chi connectivity index (χ0v) is 7.83. The normalized spacial score (nSPS) is 14.3. The van der Waals surface area contributed by atoms with Crippen LogP contribution in [-0.2, 0) is 6.42 Å². The highest BCUT2D eigenvalue weighted by atomic mass is 14.7. The van der Waals surface area contributed by atoms with Gasteiger partial charge in [-0.15, -0.1) is 0 Å². The lowest BCUT2D eigenvalue weighted by molar-refractivity contribution is 0.977. The number of fused-ring (bicyclic) bond motifs is 3. The van der Waals surface area contributed by atoms with Gasteiger partial charge in [0, 0.05) is 5.39 Å². The minimum absolute atomic E-state index is 1.09. The van der Waals surface area contributed by atoms with Crippen LogP contribution < -0.4 is 0 Å². The number of nitrogens with zero attached hydrogens (tertiary/aromatic N) is 1. The summed E-state index contributed by atoms with van der Waals surface area (Å²) in [6.45, 7) is 0. The number of hydrogen-bond donors (Lipinski definition) is 0. The molecule has 0 fully saturated rings. The first kappa shape index (κ1) is 7.74. The Hall–Kier alpha value is -1.63. The summed E-state index contributed by atoms with van der Waals surface area (Å²) in [5.74, 6) is 0. The van der Waals surface area contributed by atoms with E-state index in [1.54, 1.807) is 0 Å². The van der Waals surface area contributed by atoms with E-state index < -0.39 is 0 Å². The summed E-state index contributed by atoms with van der Waals surface area (Å²) in [6.07, 6.45) is 9.59. The van der Waals surface area contributed by atoms with Crippen LogP contribution in [0.4, 0.5) is 0 Å². The Morgan fingerprint density at radius 2 is 2.14 bits per heavy atom. The van der Waals surface area contributed by atoms with E-state index >= 15 is 0 Å². The summed E-state index contributed by atoms with van der Waals surface area (Å²) in [5, 5.41) is 2.43. The molecule has 1 nitrogen and oxygen atoms in total. The molecule has 67 valence electrons. The summed E-state index contributed by atoms with van der Waals surface area (Å²) >= 11 is 0. The highest BCUT2D eigenvalue weighted by molar-refractivity contribution is 5.87. The Kier molecular flexibility index (Phi) is 1.63. The third-order valence-electron chi connectivity index (χ3n) is 2.69. The molecule has 14 heavy (non-hydrogen) atoms. The molecule has 1 aliphatic carbocycles. The predicted molar refractivity (Wildman–Crippen MR) is 57.9 cm³/mol. The molecule has 0 N–H and O–H groups in total. The second-order valence-corrected chi connectivity index (χ2v) is 3.57.